The Balaban J connectivity index is 3.30. The van der Waals surface area contributed by atoms with Crippen LogP contribution in [0, 0.1) is 17.2 Å². The van der Waals surface area contributed by atoms with Gasteiger partial charge in [0.1, 0.15) is 5.54 Å². The van der Waals surface area contributed by atoms with Gasteiger partial charge in [-0.3, -0.25) is 0 Å². The minimum Gasteiger partial charge on any atom is -0.314 e. The van der Waals surface area contributed by atoms with Crippen LogP contribution in [-0.4, -0.2) is 17.0 Å². The molecule has 0 saturated carbocycles. The molecule has 0 amide bonds. The summed E-state index contributed by atoms with van der Waals surface area (Å²) in [7, 11) is 0. The Bertz CT molecular complexity index is 196. The van der Waals surface area contributed by atoms with Crippen LogP contribution in [-0.2, 0) is 0 Å². The van der Waals surface area contributed by atoms with Crippen LogP contribution >= 0.6 is 11.8 Å². The zero-order valence-corrected chi connectivity index (χ0v) is 11.1. The van der Waals surface area contributed by atoms with E-state index in [1.165, 1.54) is 24.3 Å². The molecule has 3 heteroatoms. The summed E-state index contributed by atoms with van der Waals surface area (Å²) in [5.41, 5.74) is 5.11. The lowest BCUT2D eigenvalue weighted by molar-refractivity contribution is 0.518. The fourth-order valence-corrected chi connectivity index (χ4v) is 2.37. The molecule has 15 heavy (non-hydrogen) atoms. The van der Waals surface area contributed by atoms with Crippen LogP contribution in [0.1, 0.15) is 46.5 Å². The van der Waals surface area contributed by atoms with Crippen molar-refractivity contribution < 1.29 is 0 Å². The third-order valence-corrected chi connectivity index (χ3v) is 3.97. The molecule has 0 rings (SSSR count). The molecule has 0 spiro atoms. The van der Waals surface area contributed by atoms with E-state index in [1.54, 1.807) is 6.92 Å². The number of nitrogens with two attached hydrogens (primary N) is 1. The Kier molecular flexibility index (Phi) is 7.90. The predicted molar refractivity (Wildman–Crippen MR) is 68.8 cm³/mol. The minimum absolute atomic E-state index is 0.624. The van der Waals surface area contributed by atoms with E-state index in [0.717, 1.165) is 18.8 Å². The molecule has 0 heterocycles. The van der Waals surface area contributed by atoms with E-state index in [2.05, 4.69) is 19.9 Å². The van der Waals surface area contributed by atoms with Gasteiger partial charge in [0.15, 0.2) is 0 Å². The highest BCUT2D eigenvalue weighted by molar-refractivity contribution is 7.99. The van der Waals surface area contributed by atoms with E-state index in [-0.39, 0.29) is 0 Å². The molecule has 2 atom stereocenters. The van der Waals surface area contributed by atoms with Crippen molar-refractivity contribution in [3.05, 3.63) is 0 Å². The van der Waals surface area contributed by atoms with Crippen LogP contribution in [0.4, 0.5) is 0 Å². The molecule has 0 bridgehead atoms. The number of unbranched alkanes of at least 4 members (excludes halogenated alkanes) is 1. The molecule has 0 aliphatic heterocycles. The highest BCUT2D eigenvalue weighted by Crippen LogP contribution is 2.15. The van der Waals surface area contributed by atoms with Gasteiger partial charge in [0, 0.05) is 0 Å². The van der Waals surface area contributed by atoms with E-state index in [1.807, 2.05) is 11.8 Å². The van der Waals surface area contributed by atoms with Gasteiger partial charge in [0.05, 0.1) is 6.07 Å². The van der Waals surface area contributed by atoms with Crippen molar-refractivity contribution in [3.63, 3.8) is 0 Å². The van der Waals surface area contributed by atoms with Crippen molar-refractivity contribution in [2.24, 2.45) is 11.7 Å². The third-order valence-electron chi connectivity index (χ3n) is 2.59. The summed E-state index contributed by atoms with van der Waals surface area (Å²) >= 11 is 2.02. The van der Waals surface area contributed by atoms with Crippen molar-refractivity contribution in [2.45, 2.75) is 52.0 Å². The first-order valence-corrected chi connectivity index (χ1v) is 6.95. The first kappa shape index (κ1) is 14.8. The molecule has 88 valence electrons. The fourth-order valence-electron chi connectivity index (χ4n) is 1.15. The molecule has 0 aliphatic carbocycles. The average molecular weight is 228 g/mol. The summed E-state index contributed by atoms with van der Waals surface area (Å²) in [4.78, 5) is 0. The second-order valence-electron chi connectivity index (χ2n) is 4.57. The molecule has 0 saturated heterocycles. The first-order valence-electron chi connectivity index (χ1n) is 5.79. The summed E-state index contributed by atoms with van der Waals surface area (Å²) in [5, 5.41) is 8.72. The Morgan fingerprint density at radius 2 is 2.13 bits per heavy atom. The highest BCUT2D eigenvalue weighted by Gasteiger charge is 2.15. The standard InChI is InChI=1S/C12H24N2S/c1-4-11(2)9-15-8-6-5-7-12(3,14)10-13/h11H,4-9,14H2,1-3H3. The largest absolute Gasteiger partial charge is 0.314 e. The molecule has 0 aliphatic rings. The van der Waals surface area contributed by atoms with Crippen molar-refractivity contribution in [2.75, 3.05) is 11.5 Å². The lowest BCUT2D eigenvalue weighted by atomic mass is 9.99. The molecule has 2 N–H and O–H groups in total. The van der Waals surface area contributed by atoms with Crippen molar-refractivity contribution in [1.82, 2.24) is 0 Å². The number of rotatable bonds is 8. The fraction of sp³-hybridized carbons (Fsp3) is 0.917. The first-order chi connectivity index (χ1) is 7.02. The van der Waals surface area contributed by atoms with Crippen molar-refractivity contribution in [1.29, 1.82) is 5.26 Å². The quantitative estimate of drug-likeness (QED) is 0.649. The smallest absolute Gasteiger partial charge is 0.101 e. The zero-order valence-electron chi connectivity index (χ0n) is 10.3. The van der Waals surface area contributed by atoms with Gasteiger partial charge in [-0.05, 0) is 43.6 Å². The van der Waals surface area contributed by atoms with Gasteiger partial charge in [0.2, 0.25) is 0 Å². The molecule has 2 unspecified atom stereocenters. The summed E-state index contributed by atoms with van der Waals surface area (Å²) in [6.45, 7) is 6.33. The molecule has 0 radical (unpaired) electrons. The molecular formula is C12H24N2S. The predicted octanol–water partition coefficient (Wildman–Crippen LogP) is 3.18. The topological polar surface area (TPSA) is 49.8 Å². The van der Waals surface area contributed by atoms with Gasteiger partial charge in [-0.2, -0.15) is 17.0 Å². The van der Waals surface area contributed by atoms with Crippen LogP contribution < -0.4 is 5.73 Å². The summed E-state index contributed by atoms with van der Waals surface area (Å²) < 4.78 is 0. The Morgan fingerprint density at radius 3 is 2.67 bits per heavy atom. The number of nitrogens with zero attached hydrogens (tertiary/aromatic N) is 1. The van der Waals surface area contributed by atoms with Crippen molar-refractivity contribution >= 4 is 11.8 Å². The van der Waals surface area contributed by atoms with Gasteiger partial charge >= 0.3 is 0 Å². The summed E-state index contributed by atoms with van der Waals surface area (Å²) in [6.07, 6.45) is 4.32. The van der Waals surface area contributed by atoms with E-state index >= 15 is 0 Å². The molecule has 0 aromatic rings. The lowest BCUT2D eigenvalue weighted by Gasteiger charge is -2.14. The third kappa shape index (κ3) is 8.77. The SMILES string of the molecule is CCC(C)CSCCCCC(C)(N)C#N. The summed E-state index contributed by atoms with van der Waals surface area (Å²) in [6, 6.07) is 2.13. The van der Waals surface area contributed by atoms with Crippen LogP contribution in [0.3, 0.4) is 0 Å². The van der Waals surface area contributed by atoms with Gasteiger partial charge in [-0.1, -0.05) is 20.3 Å². The van der Waals surface area contributed by atoms with E-state index in [0.29, 0.717) is 0 Å². The maximum absolute atomic E-state index is 8.72. The molecule has 0 aromatic heterocycles. The van der Waals surface area contributed by atoms with Gasteiger partial charge < -0.3 is 5.73 Å². The lowest BCUT2D eigenvalue weighted by Crippen LogP contribution is -2.33. The number of hydrogen-bond acceptors (Lipinski definition) is 3. The van der Waals surface area contributed by atoms with Crippen LogP contribution in [0.15, 0.2) is 0 Å². The Labute approximate surface area is 98.6 Å². The maximum atomic E-state index is 8.72. The van der Waals surface area contributed by atoms with E-state index < -0.39 is 5.54 Å². The van der Waals surface area contributed by atoms with E-state index in [9.17, 15) is 0 Å². The zero-order chi connectivity index (χ0) is 11.7. The van der Waals surface area contributed by atoms with Gasteiger partial charge in [-0.25, -0.2) is 0 Å². The second kappa shape index (κ2) is 8.01. The second-order valence-corrected chi connectivity index (χ2v) is 5.72. The average Bonchev–Trinajstić information content (AvgIpc) is 2.22. The Hall–Kier alpha value is -0.200. The monoisotopic (exact) mass is 228 g/mol. The maximum Gasteiger partial charge on any atom is 0.101 e. The highest BCUT2D eigenvalue weighted by atomic mass is 32.2. The van der Waals surface area contributed by atoms with Gasteiger partial charge in [-0.15, -0.1) is 0 Å². The molecule has 2 nitrogen and oxygen atoms in total. The van der Waals surface area contributed by atoms with Gasteiger partial charge in [0.25, 0.3) is 0 Å². The van der Waals surface area contributed by atoms with Crippen molar-refractivity contribution in [3.8, 4) is 6.07 Å². The molecule has 0 fully saturated rings. The normalized spacial score (nSPS) is 16.7. The molecular weight excluding hydrogens is 204 g/mol. The minimum atomic E-state index is -0.624. The van der Waals surface area contributed by atoms with Crippen LogP contribution in [0.25, 0.3) is 0 Å². The van der Waals surface area contributed by atoms with Crippen LogP contribution in [0.2, 0.25) is 0 Å². The number of hydrogen-bond donors (Lipinski definition) is 1. The summed E-state index contributed by atoms with van der Waals surface area (Å²) in [5.74, 6) is 3.29. The molecule has 0 aromatic carbocycles. The van der Waals surface area contributed by atoms with Crippen LogP contribution in [0.5, 0.6) is 0 Å². The number of nitriles is 1. The van der Waals surface area contributed by atoms with E-state index in [4.69, 9.17) is 11.0 Å². The Morgan fingerprint density at radius 1 is 1.47 bits per heavy atom. The number of thioether (sulfide) groups is 1.